The number of nitriles is 1. The van der Waals surface area contributed by atoms with Crippen molar-refractivity contribution in [3.05, 3.63) is 88.5 Å². The van der Waals surface area contributed by atoms with E-state index in [1.807, 2.05) is 73.7 Å². The maximum absolute atomic E-state index is 11.5. The van der Waals surface area contributed by atoms with E-state index in [-0.39, 0.29) is 19.1 Å². The van der Waals surface area contributed by atoms with Crippen LogP contribution in [0.3, 0.4) is 0 Å². The Kier molecular flexibility index (Phi) is 8.73. The summed E-state index contributed by atoms with van der Waals surface area (Å²) in [4.78, 5) is 11.5. The van der Waals surface area contributed by atoms with Gasteiger partial charge in [0.15, 0.2) is 0 Å². The van der Waals surface area contributed by atoms with Crippen molar-refractivity contribution in [2.45, 2.75) is 32.2 Å². The molecular formula is C31H32N2O4. The van der Waals surface area contributed by atoms with E-state index in [2.05, 4.69) is 17.5 Å². The first kappa shape index (κ1) is 26.2. The normalized spacial score (nSPS) is 17.4. The van der Waals surface area contributed by atoms with Crippen molar-refractivity contribution in [3.63, 3.8) is 0 Å². The standard InChI is InChI=1S/C31H32N2O4/c1-21-16-26(17-22-12-13-33-29(18-22)31(35)36)30(37-15-14-34)19-25(21)11-10-24-8-5-9-27(28(24)20-32)23-6-3-2-4-7-23/h2-11,16,19,22,29,33-34H,12-15,17-18H2,1H3,(H,35,36)/b11-10+/t22?,29-/m0/s1. The van der Waals surface area contributed by atoms with E-state index in [1.165, 1.54) is 0 Å². The lowest BCUT2D eigenvalue weighted by molar-refractivity contribution is -0.140. The van der Waals surface area contributed by atoms with Crippen molar-refractivity contribution in [2.24, 2.45) is 5.92 Å². The Hall–Kier alpha value is -3.92. The molecule has 6 nitrogen and oxygen atoms in total. The van der Waals surface area contributed by atoms with Gasteiger partial charge in [0.2, 0.25) is 0 Å². The molecule has 3 N–H and O–H groups in total. The van der Waals surface area contributed by atoms with Crippen molar-refractivity contribution in [1.82, 2.24) is 5.32 Å². The Morgan fingerprint density at radius 3 is 2.65 bits per heavy atom. The van der Waals surface area contributed by atoms with Gasteiger partial charge >= 0.3 is 5.97 Å². The first-order chi connectivity index (χ1) is 18.0. The molecule has 1 saturated heterocycles. The topological polar surface area (TPSA) is 103 Å². The van der Waals surface area contributed by atoms with Gasteiger partial charge in [0.1, 0.15) is 24.5 Å². The third-order valence-corrected chi connectivity index (χ3v) is 6.85. The summed E-state index contributed by atoms with van der Waals surface area (Å²) in [5.41, 5.74) is 6.38. The van der Waals surface area contributed by atoms with Crippen molar-refractivity contribution in [1.29, 1.82) is 5.26 Å². The van der Waals surface area contributed by atoms with Crippen molar-refractivity contribution >= 4 is 18.1 Å². The van der Waals surface area contributed by atoms with Gasteiger partial charge in [-0.05, 0) is 72.5 Å². The highest BCUT2D eigenvalue weighted by atomic mass is 16.5. The lowest BCUT2D eigenvalue weighted by Gasteiger charge is -2.28. The molecule has 6 heteroatoms. The molecule has 1 unspecified atom stereocenters. The smallest absolute Gasteiger partial charge is 0.320 e. The lowest BCUT2D eigenvalue weighted by atomic mass is 9.86. The molecule has 3 aromatic carbocycles. The molecule has 4 rings (SSSR count). The van der Waals surface area contributed by atoms with Crippen molar-refractivity contribution < 1.29 is 19.7 Å². The lowest BCUT2D eigenvalue weighted by Crippen LogP contribution is -2.43. The molecule has 0 saturated carbocycles. The predicted molar refractivity (Wildman–Crippen MR) is 145 cm³/mol. The maximum atomic E-state index is 11.5. The summed E-state index contributed by atoms with van der Waals surface area (Å²) in [6.07, 6.45) is 6.13. The van der Waals surface area contributed by atoms with Crippen LogP contribution < -0.4 is 10.1 Å². The molecule has 0 amide bonds. The molecule has 3 aromatic rings. The predicted octanol–water partition coefficient (Wildman–Crippen LogP) is 5.07. The van der Waals surface area contributed by atoms with Crippen LogP contribution in [0.1, 0.15) is 40.7 Å². The fourth-order valence-corrected chi connectivity index (χ4v) is 4.95. The molecule has 1 aliphatic heterocycles. The zero-order valence-corrected chi connectivity index (χ0v) is 21.0. The molecule has 2 atom stereocenters. The Labute approximate surface area is 217 Å². The van der Waals surface area contributed by atoms with E-state index in [1.54, 1.807) is 0 Å². The van der Waals surface area contributed by atoms with Gasteiger partial charge in [-0.2, -0.15) is 5.26 Å². The highest BCUT2D eigenvalue weighted by Crippen LogP contribution is 2.31. The summed E-state index contributed by atoms with van der Waals surface area (Å²) >= 11 is 0. The second kappa shape index (κ2) is 12.4. The van der Waals surface area contributed by atoms with E-state index in [0.29, 0.717) is 24.3 Å². The monoisotopic (exact) mass is 496 g/mol. The van der Waals surface area contributed by atoms with Crippen LogP contribution >= 0.6 is 0 Å². The van der Waals surface area contributed by atoms with Gasteiger partial charge < -0.3 is 20.3 Å². The molecule has 1 heterocycles. The number of rotatable bonds is 9. The largest absolute Gasteiger partial charge is 0.491 e. The third kappa shape index (κ3) is 6.45. The number of aliphatic hydroxyl groups excluding tert-OH is 1. The molecule has 37 heavy (non-hydrogen) atoms. The van der Waals surface area contributed by atoms with Gasteiger partial charge in [0, 0.05) is 5.56 Å². The van der Waals surface area contributed by atoms with Gasteiger partial charge in [0.05, 0.1) is 12.2 Å². The van der Waals surface area contributed by atoms with Gasteiger partial charge in [0.25, 0.3) is 0 Å². The second-order valence-electron chi connectivity index (χ2n) is 9.41. The van der Waals surface area contributed by atoms with Crippen molar-refractivity contribution in [2.75, 3.05) is 19.8 Å². The minimum absolute atomic E-state index is 0.0925. The minimum Gasteiger partial charge on any atom is -0.491 e. The van der Waals surface area contributed by atoms with Crippen LogP contribution in [0.2, 0.25) is 0 Å². The quantitative estimate of drug-likeness (QED) is 0.358. The van der Waals surface area contributed by atoms with Gasteiger partial charge in [-0.1, -0.05) is 66.7 Å². The Morgan fingerprint density at radius 1 is 1.14 bits per heavy atom. The first-order valence-corrected chi connectivity index (χ1v) is 12.6. The van der Waals surface area contributed by atoms with Crippen LogP contribution in [-0.2, 0) is 11.2 Å². The summed E-state index contributed by atoms with van der Waals surface area (Å²) in [5.74, 6) is 0.118. The number of hydrogen-bond donors (Lipinski definition) is 3. The van der Waals surface area contributed by atoms with E-state index < -0.39 is 12.0 Å². The number of carboxylic acid groups (broad SMARTS) is 1. The fourth-order valence-electron chi connectivity index (χ4n) is 4.95. The first-order valence-electron chi connectivity index (χ1n) is 12.6. The number of carbonyl (C=O) groups is 1. The van der Waals surface area contributed by atoms with Crippen LogP contribution in [0.4, 0.5) is 0 Å². The number of aliphatic hydroxyl groups is 1. The van der Waals surface area contributed by atoms with Crippen LogP contribution in [0, 0.1) is 24.2 Å². The van der Waals surface area contributed by atoms with E-state index in [4.69, 9.17) is 4.74 Å². The van der Waals surface area contributed by atoms with E-state index in [9.17, 15) is 20.3 Å². The zero-order valence-electron chi connectivity index (χ0n) is 21.0. The minimum atomic E-state index is -0.814. The van der Waals surface area contributed by atoms with E-state index >= 15 is 0 Å². The Balaban J connectivity index is 1.62. The van der Waals surface area contributed by atoms with Crippen LogP contribution in [0.5, 0.6) is 5.75 Å². The van der Waals surface area contributed by atoms with E-state index in [0.717, 1.165) is 46.2 Å². The highest BCUT2D eigenvalue weighted by Gasteiger charge is 2.27. The van der Waals surface area contributed by atoms with Crippen molar-refractivity contribution in [3.8, 4) is 22.9 Å². The Morgan fingerprint density at radius 2 is 1.92 bits per heavy atom. The zero-order chi connectivity index (χ0) is 26.2. The van der Waals surface area contributed by atoms with Gasteiger partial charge in [-0.15, -0.1) is 0 Å². The number of nitrogens with zero attached hydrogens (tertiary/aromatic N) is 1. The molecular weight excluding hydrogens is 464 g/mol. The molecule has 190 valence electrons. The summed E-state index contributed by atoms with van der Waals surface area (Å²) in [6.45, 7) is 2.80. The maximum Gasteiger partial charge on any atom is 0.320 e. The molecule has 1 aliphatic rings. The van der Waals surface area contributed by atoms with Crippen LogP contribution in [0.15, 0.2) is 60.7 Å². The molecule has 0 spiro atoms. The van der Waals surface area contributed by atoms with Crippen LogP contribution in [0.25, 0.3) is 23.3 Å². The average Bonchev–Trinajstić information content (AvgIpc) is 2.92. The number of ether oxygens (including phenoxy) is 1. The van der Waals surface area contributed by atoms with Gasteiger partial charge in [-0.3, -0.25) is 4.79 Å². The molecule has 0 aliphatic carbocycles. The highest BCUT2D eigenvalue weighted by molar-refractivity contribution is 5.81. The summed E-state index contributed by atoms with van der Waals surface area (Å²) in [6, 6.07) is 21.6. The fraction of sp³-hybridized carbons (Fsp3) is 0.290. The summed E-state index contributed by atoms with van der Waals surface area (Å²) in [5, 5.41) is 31.7. The number of carboxylic acids is 1. The summed E-state index contributed by atoms with van der Waals surface area (Å²) in [7, 11) is 0. The number of benzene rings is 3. The Bertz CT molecular complexity index is 1310. The number of piperidine rings is 1. The molecule has 1 fully saturated rings. The number of nitrogens with one attached hydrogen (secondary N) is 1. The second-order valence-corrected chi connectivity index (χ2v) is 9.41. The SMILES string of the molecule is Cc1cc(CC2CCN[C@H](C(=O)O)C2)c(OCCO)cc1/C=C/c1cccc(-c2ccccc2)c1C#N. The molecule has 0 aromatic heterocycles. The number of aryl methyl sites for hydroxylation is 1. The molecule has 0 bridgehead atoms. The van der Waals surface area contributed by atoms with Crippen LogP contribution in [-0.4, -0.2) is 42.0 Å². The molecule has 0 radical (unpaired) electrons. The summed E-state index contributed by atoms with van der Waals surface area (Å²) < 4.78 is 5.90. The number of hydrogen-bond acceptors (Lipinski definition) is 5. The number of aliphatic carboxylic acids is 1. The third-order valence-electron chi connectivity index (χ3n) is 6.85. The van der Waals surface area contributed by atoms with Gasteiger partial charge in [-0.25, -0.2) is 0 Å². The average molecular weight is 497 g/mol.